The maximum Gasteiger partial charge on any atom is 0.329 e. The van der Waals surface area contributed by atoms with Crippen LogP contribution in [-0.2, 0) is 42.9 Å². The third-order valence-corrected chi connectivity index (χ3v) is 14.5. The van der Waals surface area contributed by atoms with Gasteiger partial charge in [-0.1, -0.05) is 71.1 Å². The van der Waals surface area contributed by atoms with Crippen LogP contribution in [0.4, 0.5) is 0 Å². The molecule has 13 nitrogen and oxygen atoms in total. The Morgan fingerprint density at radius 1 is 0.812 bits per heavy atom. The molecule has 0 radical (unpaired) electrons. The van der Waals surface area contributed by atoms with Gasteiger partial charge in [0.1, 0.15) is 24.4 Å². The van der Waals surface area contributed by atoms with Crippen molar-refractivity contribution in [2.24, 2.45) is 35.5 Å². The number of aliphatic hydroxyl groups is 3. The number of ether oxygens (including phenoxy) is 5. The average molecular weight is 900 g/mol. The van der Waals surface area contributed by atoms with Gasteiger partial charge in [0.05, 0.1) is 24.4 Å². The molecule has 3 N–H and O–H groups in total. The smallest absolute Gasteiger partial charge is 0.329 e. The third-order valence-electron chi connectivity index (χ3n) is 14.5. The zero-order chi connectivity index (χ0) is 47.3. The van der Waals surface area contributed by atoms with Gasteiger partial charge < -0.3 is 43.9 Å². The van der Waals surface area contributed by atoms with Gasteiger partial charge in [0, 0.05) is 46.1 Å². The molecular weight excluding hydrogens is 819 g/mol. The van der Waals surface area contributed by atoms with Gasteiger partial charge in [0.2, 0.25) is 5.79 Å². The summed E-state index contributed by atoms with van der Waals surface area (Å²) in [5, 5.41) is 33.9. The Bertz CT molecular complexity index is 1670. The van der Waals surface area contributed by atoms with Crippen molar-refractivity contribution in [3.63, 3.8) is 0 Å². The van der Waals surface area contributed by atoms with Crippen LogP contribution in [0.2, 0.25) is 0 Å². The fourth-order valence-corrected chi connectivity index (χ4v) is 10.3. The zero-order valence-electron chi connectivity index (χ0n) is 40.4. The molecule has 0 aromatic heterocycles. The number of Topliss-reactive ketones (excluding diaryl/α,β-unsaturated/α-hetero) is 2. The number of hydrogen-bond donors (Lipinski definition) is 3. The first-order valence-corrected chi connectivity index (χ1v) is 24.0. The normalized spacial score (nSPS) is 40.8. The highest BCUT2D eigenvalue weighted by Crippen LogP contribution is 2.38. The van der Waals surface area contributed by atoms with Crippen molar-refractivity contribution < 1.29 is 58.2 Å². The molecule has 362 valence electrons. The number of hydrogen-bond acceptors (Lipinski definition) is 12. The molecule has 3 fully saturated rings. The van der Waals surface area contributed by atoms with Crippen molar-refractivity contribution in [2.45, 2.75) is 186 Å². The van der Waals surface area contributed by atoms with Gasteiger partial charge in [-0.3, -0.25) is 14.4 Å². The van der Waals surface area contributed by atoms with E-state index in [0.29, 0.717) is 76.2 Å². The summed E-state index contributed by atoms with van der Waals surface area (Å²) in [4.78, 5) is 57.8. The molecule has 0 spiro atoms. The van der Waals surface area contributed by atoms with E-state index >= 15 is 0 Å². The Balaban J connectivity index is 1.67. The Labute approximate surface area is 383 Å². The van der Waals surface area contributed by atoms with E-state index in [1.807, 2.05) is 64.2 Å². The fourth-order valence-electron chi connectivity index (χ4n) is 10.3. The van der Waals surface area contributed by atoms with E-state index in [-0.39, 0.29) is 48.0 Å². The lowest BCUT2D eigenvalue weighted by molar-refractivity contribution is -0.265. The van der Waals surface area contributed by atoms with Crippen LogP contribution in [-0.4, -0.2) is 126 Å². The molecule has 13 heteroatoms. The fraction of sp³-hybridized carbons (Fsp3) is 0.765. The van der Waals surface area contributed by atoms with E-state index in [4.69, 9.17) is 23.7 Å². The highest BCUT2D eigenvalue weighted by molar-refractivity contribution is 6.39. The number of carbonyl (C=O) groups is 4. The zero-order valence-corrected chi connectivity index (χ0v) is 40.4. The number of esters is 1. The molecule has 3 unspecified atom stereocenters. The first-order chi connectivity index (χ1) is 30.3. The highest BCUT2D eigenvalue weighted by atomic mass is 16.6. The first-order valence-electron chi connectivity index (χ1n) is 24.0. The van der Waals surface area contributed by atoms with Gasteiger partial charge in [-0.2, -0.15) is 0 Å². The predicted molar refractivity (Wildman–Crippen MR) is 245 cm³/mol. The molecule has 0 aromatic carbocycles. The predicted octanol–water partition coefficient (Wildman–Crippen LogP) is 7.00. The van der Waals surface area contributed by atoms with E-state index in [1.54, 1.807) is 28.1 Å². The number of rotatable bonds is 6. The Kier molecular flexibility index (Phi) is 21.1. The van der Waals surface area contributed by atoms with Gasteiger partial charge in [-0.15, -0.1) is 0 Å². The minimum Gasteiger partial charge on any atom is -0.461 e. The summed E-state index contributed by atoms with van der Waals surface area (Å²) in [7, 11) is 4.65. The molecule has 4 rings (SSSR count). The molecule has 64 heavy (non-hydrogen) atoms. The average Bonchev–Trinajstić information content (AvgIpc) is 3.27. The van der Waals surface area contributed by atoms with E-state index in [1.165, 1.54) is 12.0 Å². The summed E-state index contributed by atoms with van der Waals surface area (Å²) in [6, 6.07) is -1.02. The standard InChI is InChI=1S/C51H81NO12/c1-31-16-12-11-13-17-33(3)43(60-8)30-39-22-20-37(7)51(59,64-39)48(56)49(57)52-25-15-14-18-40(52)50(58)63-42(34(4)28-38-21-23-41(53)44(29-38)61-9)24-19-32(2)27-36(6)46(55)47(62-10)45(54)35(5)26-31/h11-13,16-17,27,31-32,34-35,37-44,46-47,53,55,59H,14-15,18-26,28-30H2,1-10H3/b13-11+,16-12-,33-17+,36-27+/t31-,32+,34-,35-,37-,38+,39?,40?,41-,42?,43+,44-,46-,47+,51-/m1/s1. The second kappa shape index (κ2) is 25.2. The number of amides is 1. The molecular formula is C51H81NO12. The molecule has 0 aromatic rings. The number of nitrogens with zero attached hydrogens (tertiary/aromatic N) is 1. The van der Waals surface area contributed by atoms with Crippen LogP contribution in [0.3, 0.4) is 0 Å². The Morgan fingerprint density at radius 3 is 2.23 bits per heavy atom. The lowest BCUT2D eigenvalue weighted by Gasteiger charge is -2.42. The summed E-state index contributed by atoms with van der Waals surface area (Å²) in [6.07, 6.45) is 14.5. The minimum absolute atomic E-state index is 0.0678. The first kappa shape index (κ1) is 53.6. The van der Waals surface area contributed by atoms with Gasteiger partial charge in [0.25, 0.3) is 11.7 Å². The molecule has 2 bridgehead atoms. The summed E-state index contributed by atoms with van der Waals surface area (Å²) in [5.41, 5.74) is 1.51. The van der Waals surface area contributed by atoms with Crippen LogP contribution < -0.4 is 0 Å². The SMILES string of the molecule is CO[C@H]1CC2CC[C@@H](C)[C@@](O)(O2)C(=O)C(=O)N2CCCCC2C(=O)OC([C@H](C)C[C@@H]2CC[C@@H](O)[C@H](OC)C2)CC[C@H](C)/C=C(\C)[C@@H](O)[C@@H](OC)C(=O)[C@H](C)C[C@H](C)\C=C/C=C/C=C/1C. The van der Waals surface area contributed by atoms with Crippen LogP contribution in [0.25, 0.3) is 0 Å². The topological polar surface area (TPSA) is 178 Å². The quantitative estimate of drug-likeness (QED) is 0.142. The van der Waals surface area contributed by atoms with E-state index in [9.17, 15) is 34.5 Å². The van der Waals surface area contributed by atoms with Crippen molar-refractivity contribution in [2.75, 3.05) is 27.9 Å². The van der Waals surface area contributed by atoms with Crippen LogP contribution >= 0.6 is 0 Å². The molecule has 1 saturated carbocycles. The molecule has 1 aliphatic carbocycles. The van der Waals surface area contributed by atoms with Crippen LogP contribution in [0.5, 0.6) is 0 Å². The van der Waals surface area contributed by atoms with Crippen LogP contribution in [0.15, 0.2) is 47.6 Å². The van der Waals surface area contributed by atoms with Crippen LogP contribution in [0.1, 0.15) is 132 Å². The monoisotopic (exact) mass is 900 g/mol. The highest BCUT2D eigenvalue weighted by Gasteiger charge is 2.53. The van der Waals surface area contributed by atoms with Gasteiger partial charge in [-0.25, -0.2) is 4.79 Å². The van der Waals surface area contributed by atoms with Crippen molar-refractivity contribution in [3.8, 4) is 0 Å². The number of cyclic esters (lactones) is 1. The third kappa shape index (κ3) is 14.2. The number of piperidine rings is 1. The van der Waals surface area contributed by atoms with Gasteiger partial charge in [-0.05, 0) is 126 Å². The number of methoxy groups -OCH3 is 3. The minimum atomic E-state index is -2.38. The number of fused-ring (bicyclic) bond motifs is 3. The van der Waals surface area contributed by atoms with E-state index in [2.05, 4.69) is 6.92 Å². The Morgan fingerprint density at radius 2 is 1.55 bits per heavy atom. The largest absolute Gasteiger partial charge is 0.461 e. The molecule has 4 aliphatic rings. The lowest BCUT2D eigenvalue weighted by atomic mass is 9.78. The van der Waals surface area contributed by atoms with E-state index < -0.39 is 72.0 Å². The number of allylic oxidation sites excluding steroid dienone is 6. The number of aliphatic hydroxyl groups excluding tert-OH is 2. The Hall–Kier alpha value is -3.04. The number of carbonyl (C=O) groups excluding carboxylic acids is 4. The van der Waals surface area contributed by atoms with Gasteiger partial charge >= 0.3 is 5.97 Å². The second-order valence-electron chi connectivity index (χ2n) is 19.7. The maximum absolute atomic E-state index is 14.4. The summed E-state index contributed by atoms with van der Waals surface area (Å²) in [6.45, 7) is 13.6. The van der Waals surface area contributed by atoms with Gasteiger partial charge in [0.15, 0.2) is 5.78 Å². The summed E-state index contributed by atoms with van der Waals surface area (Å²) >= 11 is 0. The molecule has 1 amide bonds. The molecule has 15 atom stereocenters. The molecule has 3 aliphatic heterocycles. The van der Waals surface area contributed by atoms with Crippen molar-refractivity contribution in [3.05, 3.63) is 47.6 Å². The maximum atomic E-state index is 14.4. The number of ketones is 2. The van der Waals surface area contributed by atoms with Crippen molar-refractivity contribution in [1.82, 2.24) is 4.90 Å². The van der Waals surface area contributed by atoms with Crippen LogP contribution in [0, 0.1) is 35.5 Å². The second-order valence-corrected chi connectivity index (χ2v) is 19.7. The molecule has 3 heterocycles. The van der Waals surface area contributed by atoms with Crippen molar-refractivity contribution >= 4 is 23.4 Å². The lowest BCUT2D eigenvalue weighted by Crippen LogP contribution is -2.61. The van der Waals surface area contributed by atoms with E-state index in [0.717, 1.165) is 18.4 Å². The molecule has 2 saturated heterocycles. The summed E-state index contributed by atoms with van der Waals surface area (Å²) in [5.74, 6) is -6.09. The summed E-state index contributed by atoms with van der Waals surface area (Å²) < 4.78 is 29.6. The van der Waals surface area contributed by atoms with Crippen molar-refractivity contribution in [1.29, 1.82) is 0 Å².